The molecule has 0 spiro atoms. The van der Waals surface area contributed by atoms with Gasteiger partial charge in [0.25, 0.3) is 5.69 Å². The maximum Gasteiger partial charge on any atom is 0.353 e. The Labute approximate surface area is 126 Å². The van der Waals surface area contributed by atoms with E-state index in [4.69, 9.17) is 9.47 Å². The predicted molar refractivity (Wildman–Crippen MR) is 78.0 cm³/mol. The highest BCUT2D eigenvalue weighted by molar-refractivity contribution is 5.79. The Morgan fingerprint density at radius 3 is 2.77 bits per heavy atom. The summed E-state index contributed by atoms with van der Waals surface area (Å²) in [6, 6.07) is 11.6. The number of nitro groups is 1. The van der Waals surface area contributed by atoms with Crippen molar-refractivity contribution in [3.63, 3.8) is 0 Å². The van der Waals surface area contributed by atoms with E-state index in [1.165, 1.54) is 18.2 Å². The van der Waals surface area contributed by atoms with E-state index in [2.05, 4.69) is 0 Å². The molecule has 0 saturated carbocycles. The highest BCUT2D eigenvalue weighted by atomic mass is 16.6. The van der Waals surface area contributed by atoms with Crippen molar-refractivity contribution in [2.24, 2.45) is 0 Å². The van der Waals surface area contributed by atoms with Crippen molar-refractivity contribution in [1.29, 1.82) is 0 Å². The third kappa shape index (κ3) is 2.63. The number of hydrogen-bond donors (Lipinski definition) is 0. The summed E-state index contributed by atoms with van der Waals surface area (Å²) in [5.41, 5.74) is 1.39. The zero-order valence-corrected chi connectivity index (χ0v) is 11.8. The van der Waals surface area contributed by atoms with Crippen LogP contribution < -0.4 is 9.47 Å². The molecule has 3 rings (SSSR count). The lowest BCUT2D eigenvalue weighted by molar-refractivity contribution is -0.385. The molecule has 0 aromatic heterocycles. The normalized spacial score (nSPS) is 15.8. The number of ether oxygens (including phenoxy) is 2. The van der Waals surface area contributed by atoms with Gasteiger partial charge in [-0.3, -0.25) is 10.1 Å². The van der Waals surface area contributed by atoms with Gasteiger partial charge >= 0.3 is 5.97 Å². The Morgan fingerprint density at radius 1 is 1.32 bits per heavy atom. The van der Waals surface area contributed by atoms with Gasteiger partial charge in [0.15, 0.2) is 6.10 Å². The summed E-state index contributed by atoms with van der Waals surface area (Å²) in [7, 11) is 0. The Balaban J connectivity index is 1.71. The first kappa shape index (κ1) is 14.1. The van der Waals surface area contributed by atoms with Crippen molar-refractivity contribution in [1.82, 2.24) is 0 Å². The molecule has 0 amide bonds. The van der Waals surface area contributed by atoms with Gasteiger partial charge in [0.1, 0.15) is 11.5 Å². The molecule has 2 aromatic carbocycles. The minimum absolute atomic E-state index is 0.00989. The topological polar surface area (TPSA) is 78.7 Å². The molecule has 0 saturated heterocycles. The van der Waals surface area contributed by atoms with Crippen LogP contribution in [0.15, 0.2) is 42.5 Å². The van der Waals surface area contributed by atoms with Gasteiger partial charge in [-0.05, 0) is 30.7 Å². The second-order valence-corrected chi connectivity index (χ2v) is 5.04. The van der Waals surface area contributed by atoms with Crippen LogP contribution in [0, 0.1) is 17.0 Å². The number of nitro benzene ring substituents is 1. The predicted octanol–water partition coefficient (Wildman–Crippen LogP) is 2.81. The van der Waals surface area contributed by atoms with Gasteiger partial charge in [-0.2, -0.15) is 0 Å². The number of carbonyl (C=O) groups excluding carboxylic acids is 1. The fourth-order valence-corrected chi connectivity index (χ4v) is 2.39. The number of fused-ring (bicyclic) bond motifs is 1. The number of benzene rings is 2. The number of aryl methyl sites for hydroxylation is 1. The van der Waals surface area contributed by atoms with Crippen LogP contribution in [-0.2, 0) is 11.2 Å². The number of nitrogens with zero attached hydrogens (tertiary/aromatic N) is 1. The van der Waals surface area contributed by atoms with E-state index < -0.39 is 17.0 Å². The van der Waals surface area contributed by atoms with E-state index in [-0.39, 0.29) is 11.4 Å². The second-order valence-electron chi connectivity index (χ2n) is 5.04. The maximum absolute atomic E-state index is 12.1. The van der Waals surface area contributed by atoms with Crippen molar-refractivity contribution in [2.45, 2.75) is 19.4 Å². The smallest absolute Gasteiger partial charge is 0.353 e. The largest absolute Gasteiger partial charge is 0.478 e. The number of hydrogen-bond acceptors (Lipinski definition) is 5. The van der Waals surface area contributed by atoms with Crippen LogP contribution in [0.25, 0.3) is 0 Å². The molecule has 0 N–H and O–H groups in total. The Bertz CT molecular complexity index is 731. The van der Waals surface area contributed by atoms with Gasteiger partial charge in [-0.1, -0.05) is 18.2 Å². The number of carbonyl (C=O) groups is 1. The zero-order chi connectivity index (χ0) is 15.7. The zero-order valence-electron chi connectivity index (χ0n) is 11.8. The summed E-state index contributed by atoms with van der Waals surface area (Å²) in [5, 5.41) is 10.8. The minimum Gasteiger partial charge on any atom is -0.478 e. The van der Waals surface area contributed by atoms with Gasteiger partial charge in [-0.15, -0.1) is 0 Å². The SMILES string of the molecule is Cc1cc(OC(=O)C2Cc3ccccc3O2)ccc1[N+](=O)[O-]. The molecule has 2 aromatic rings. The molecule has 6 heteroatoms. The van der Waals surface area contributed by atoms with Crippen LogP contribution in [0.5, 0.6) is 11.5 Å². The van der Waals surface area contributed by atoms with Crippen LogP contribution in [0.3, 0.4) is 0 Å². The van der Waals surface area contributed by atoms with Crippen molar-refractivity contribution >= 4 is 11.7 Å². The molecule has 1 aliphatic heterocycles. The first-order valence-electron chi connectivity index (χ1n) is 6.76. The van der Waals surface area contributed by atoms with Crippen LogP contribution in [0.1, 0.15) is 11.1 Å². The van der Waals surface area contributed by atoms with Gasteiger partial charge in [0, 0.05) is 18.1 Å². The Kier molecular flexibility index (Phi) is 3.50. The number of para-hydroxylation sites is 1. The first-order valence-corrected chi connectivity index (χ1v) is 6.76. The molecule has 0 radical (unpaired) electrons. The van der Waals surface area contributed by atoms with Gasteiger partial charge < -0.3 is 9.47 Å². The van der Waals surface area contributed by atoms with E-state index in [0.29, 0.717) is 17.7 Å². The lowest BCUT2D eigenvalue weighted by Gasteiger charge is -2.10. The van der Waals surface area contributed by atoms with Crippen LogP contribution in [-0.4, -0.2) is 17.0 Å². The molecule has 0 bridgehead atoms. The van der Waals surface area contributed by atoms with Crippen molar-refractivity contribution < 1.29 is 19.2 Å². The summed E-state index contributed by atoms with van der Waals surface area (Å²) >= 11 is 0. The van der Waals surface area contributed by atoms with Crippen LogP contribution >= 0.6 is 0 Å². The van der Waals surface area contributed by atoms with E-state index in [1.54, 1.807) is 13.0 Å². The van der Waals surface area contributed by atoms with E-state index >= 15 is 0 Å². The lowest BCUT2D eigenvalue weighted by atomic mass is 10.1. The average molecular weight is 299 g/mol. The first-order chi connectivity index (χ1) is 10.5. The third-order valence-corrected chi connectivity index (χ3v) is 3.49. The molecule has 1 heterocycles. The quantitative estimate of drug-likeness (QED) is 0.377. The molecular weight excluding hydrogens is 286 g/mol. The highest BCUT2D eigenvalue weighted by Gasteiger charge is 2.30. The summed E-state index contributed by atoms with van der Waals surface area (Å²) in [5.74, 6) is 0.446. The number of rotatable bonds is 3. The molecule has 22 heavy (non-hydrogen) atoms. The van der Waals surface area contributed by atoms with Gasteiger partial charge in [-0.25, -0.2) is 4.79 Å². The highest BCUT2D eigenvalue weighted by Crippen LogP contribution is 2.29. The van der Waals surface area contributed by atoms with Crippen LogP contribution in [0.2, 0.25) is 0 Å². The summed E-state index contributed by atoms with van der Waals surface area (Å²) in [6.07, 6.45) is -0.228. The lowest BCUT2D eigenvalue weighted by Crippen LogP contribution is -2.29. The van der Waals surface area contributed by atoms with Crippen LogP contribution in [0.4, 0.5) is 5.69 Å². The monoisotopic (exact) mass is 299 g/mol. The molecule has 0 fully saturated rings. The molecule has 1 aliphatic rings. The maximum atomic E-state index is 12.1. The summed E-state index contributed by atoms with van der Waals surface area (Å²) in [6.45, 7) is 1.59. The second kappa shape index (κ2) is 5.48. The average Bonchev–Trinajstić information content (AvgIpc) is 2.91. The van der Waals surface area contributed by atoms with Gasteiger partial charge in [0.2, 0.25) is 0 Å². The van der Waals surface area contributed by atoms with Crippen molar-refractivity contribution in [3.05, 3.63) is 63.7 Å². The van der Waals surface area contributed by atoms with E-state index in [9.17, 15) is 14.9 Å². The van der Waals surface area contributed by atoms with E-state index in [1.807, 2.05) is 18.2 Å². The molecular formula is C16H13NO5. The minimum atomic E-state index is -0.687. The molecule has 1 atom stereocenters. The van der Waals surface area contributed by atoms with Crippen molar-refractivity contribution in [3.8, 4) is 11.5 Å². The summed E-state index contributed by atoms with van der Waals surface area (Å²) in [4.78, 5) is 22.4. The standard InChI is InChI=1S/C16H13NO5/c1-10-8-12(6-7-13(10)17(19)20)21-16(18)15-9-11-4-2-3-5-14(11)22-15/h2-8,15H,9H2,1H3. The molecule has 1 unspecified atom stereocenters. The fraction of sp³-hybridized carbons (Fsp3) is 0.188. The Hall–Kier alpha value is -2.89. The number of esters is 1. The van der Waals surface area contributed by atoms with E-state index in [0.717, 1.165) is 5.56 Å². The Morgan fingerprint density at radius 2 is 2.09 bits per heavy atom. The summed E-state index contributed by atoms with van der Waals surface area (Å²) < 4.78 is 10.8. The third-order valence-electron chi connectivity index (χ3n) is 3.49. The van der Waals surface area contributed by atoms with Gasteiger partial charge in [0.05, 0.1) is 4.92 Å². The molecule has 0 aliphatic carbocycles. The van der Waals surface area contributed by atoms with Crippen molar-refractivity contribution in [2.75, 3.05) is 0 Å². The molecule has 6 nitrogen and oxygen atoms in total. The fourth-order valence-electron chi connectivity index (χ4n) is 2.39. The molecule has 112 valence electrons.